The van der Waals surface area contributed by atoms with E-state index in [1.165, 1.54) is 12.1 Å². The smallest absolute Gasteiger partial charge is 0.416 e. The SMILES string of the molecule is Cc1ccc(S(=O)(=O)OCC2CN(c3noc4c(F)c(N5CCOC(C)C5)c(C5OCCO5)cc34)C(=O)O2)cc1. The summed E-state index contributed by atoms with van der Waals surface area (Å²) >= 11 is 0. The summed E-state index contributed by atoms with van der Waals surface area (Å²) < 4.78 is 74.1. The number of carbonyl (C=O) groups excluding carboxylic acids is 1. The Labute approximate surface area is 229 Å². The van der Waals surface area contributed by atoms with Crippen molar-refractivity contribution in [3.05, 3.63) is 47.3 Å². The normalized spacial score (nSPS) is 22.4. The maximum Gasteiger partial charge on any atom is 0.416 e. The van der Waals surface area contributed by atoms with Gasteiger partial charge in [0.25, 0.3) is 10.1 Å². The van der Waals surface area contributed by atoms with E-state index in [-0.39, 0.29) is 40.0 Å². The number of benzene rings is 2. The van der Waals surface area contributed by atoms with Gasteiger partial charge in [0, 0.05) is 18.7 Å². The second-order valence-corrected chi connectivity index (χ2v) is 11.5. The van der Waals surface area contributed by atoms with E-state index < -0.39 is 41.0 Å². The van der Waals surface area contributed by atoms with E-state index in [0.29, 0.717) is 38.5 Å². The van der Waals surface area contributed by atoms with Gasteiger partial charge in [-0.25, -0.2) is 9.18 Å². The largest absolute Gasteiger partial charge is 0.441 e. The van der Waals surface area contributed by atoms with Crippen molar-refractivity contribution in [1.82, 2.24) is 5.16 Å². The minimum absolute atomic E-state index is 0.00778. The third-order valence-corrected chi connectivity index (χ3v) is 8.27. The summed E-state index contributed by atoms with van der Waals surface area (Å²) in [5.41, 5.74) is 1.48. The molecule has 1 amide bonds. The first-order valence-electron chi connectivity index (χ1n) is 12.9. The van der Waals surface area contributed by atoms with Crippen LogP contribution in [0.3, 0.4) is 0 Å². The molecule has 14 heteroatoms. The highest BCUT2D eigenvalue weighted by molar-refractivity contribution is 7.86. The summed E-state index contributed by atoms with van der Waals surface area (Å²) in [5, 5.41) is 4.21. The van der Waals surface area contributed by atoms with E-state index in [1.54, 1.807) is 18.2 Å². The Hall–Kier alpha value is -3.30. The van der Waals surface area contributed by atoms with Crippen LogP contribution in [0.4, 0.5) is 20.7 Å². The molecular formula is C26H28FN3O9S. The Kier molecular flexibility index (Phi) is 7.12. The van der Waals surface area contributed by atoms with Crippen LogP contribution in [0.2, 0.25) is 0 Å². The van der Waals surface area contributed by atoms with Crippen molar-refractivity contribution in [3.8, 4) is 0 Å². The molecule has 40 heavy (non-hydrogen) atoms. The van der Waals surface area contributed by atoms with Crippen molar-refractivity contribution in [2.45, 2.75) is 37.2 Å². The number of ether oxygens (including phenoxy) is 4. The minimum Gasteiger partial charge on any atom is -0.441 e. The number of anilines is 2. The average molecular weight is 578 g/mol. The number of amides is 1. The van der Waals surface area contributed by atoms with Crippen molar-refractivity contribution in [1.29, 1.82) is 0 Å². The van der Waals surface area contributed by atoms with Gasteiger partial charge in [0.2, 0.25) is 5.58 Å². The molecule has 3 aromatic rings. The molecule has 2 unspecified atom stereocenters. The van der Waals surface area contributed by atoms with Crippen LogP contribution in [0, 0.1) is 12.7 Å². The Morgan fingerprint density at radius 1 is 1.10 bits per heavy atom. The molecule has 0 bridgehead atoms. The van der Waals surface area contributed by atoms with Crippen molar-refractivity contribution >= 4 is 38.7 Å². The Morgan fingerprint density at radius 3 is 2.58 bits per heavy atom. The molecule has 12 nitrogen and oxygen atoms in total. The minimum atomic E-state index is -4.06. The predicted molar refractivity (Wildman–Crippen MR) is 138 cm³/mol. The van der Waals surface area contributed by atoms with Gasteiger partial charge in [-0.05, 0) is 32.0 Å². The number of rotatable bonds is 7. The first kappa shape index (κ1) is 26.9. The number of halogens is 1. The van der Waals surface area contributed by atoms with Crippen molar-refractivity contribution in [2.24, 2.45) is 0 Å². The van der Waals surface area contributed by atoms with Gasteiger partial charge in [0.15, 0.2) is 17.9 Å². The van der Waals surface area contributed by atoms with Crippen molar-refractivity contribution < 1.29 is 45.3 Å². The Balaban J connectivity index is 1.27. The summed E-state index contributed by atoms with van der Waals surface area (Å²) in [6.45, 7) is 5.29. The van der Waals surface area contributed by atoms with Gasteiger partial charge < -0.3 is 28.4 Å². The number of nitrogens with zero attached hydrogens (tertiary/aromatic N) is 3. The molecule has 3 aliphatic rings. The number of aromatic nitrogens is 1. The zero-order valence-corrected chi connectivity index (χ0v) is 22.7. The molecule has 3 fully saturated rings. The van der Waals surface area contributed by atoms with Crippen molar-refractivity contribution in [2.75, 3.05) is 55.9 Å². The van der Waals surface area contributed by atoms with E-state index >= 15 is 4.39 Å². The maximum absolute atomic E-state index is 16.1. The van der Waals surface area contributed by atoms with Gasteiger partial charge in [-0.2, -0.15) is 8.42 Å². The zero-order chi connectivity index (χ0) is 28.0. The lowest BCUT2D eigenvalue weighted by Crippen LogP contribution is -2.42. The molecule has 0 N–H and O–H groups in total. The third-order valence-electron chi connectivity index (χ3n) is 6.97. The number of fused-ring (bicyclic) bond motifs is 1. The average Bonchev–Trinajstić information content (AvgIpc) is 3.68. The Morgan fingerprint density at radius 2 is 1.85 bits per heavy atom. The summed E-state index contributed by atoms with van der Waals surface area (Å²) in [6, 6.07) is 7.84. The fraction of sp³-hybridized carbons (Fsp3) is 0.462. The monoisotopic (exact) mass is 577 g/mol. The zero-order valence-electron chi connectivity index (χ0n) is 21.9. The highest BCUT2D eigenvalue weighted by Crippen LogP contribution is 2.42. The number of hydrogen-bond acceptors (Lipinski definition) is 11. The van der Waals surface area contributed by atoms with E-state index in [1.807, 2.05) is 18.7 Å². The van der Waals surface area contributed by atoms with Gasteiger partial charge in [0.05, 0.1) is 48.4 Å². The summed E-state index contributed by atoms with van der Waals surface area (Å²) in [5.74, 6) is -0.625. The standard InChI is InChI=1S/C26H28FN3O9S/c1-15-3-5-18(6-4-15)40(32,33)37-14-17-13-30(26(31)38-17)24-20-11-19(25-35-9-10-36-25)22(21(27)23(20)39-28-24)29-7-8-34-16(2)12-29/h3-6,11,16-17,25H,7-10,12-14H2,1-2H3. The molecule has 0 spiro atoms. The van der Waals surface area contributed by atoms with Crippen LogP contribution in [-0.4, -0.2) is 77.9 Å². The quantitative estimate of drug-likeness (QED) is 0.384. The van der Waals surface area contributed by atoms with Gasteiger partial charge in [-0.3, -0.25) is 9.08 Å². The van der Waals surface area contributed by atoms with Gasteiger partial charge in [-0.15, -0.1) is 0 Å². The lowest BCUT2D eigenvalue weighted by atomic mass is 10.1. The third kappa shape index (κ3) is 5.01. The number of aryl methyl sites for hydroxylation is 1. The van der Waals surface area contributed by atoms with E-state index in [4.69, 9.17) is 27.7 Å². The molecular weight excluding hydrogens is 549 g/mol. The fourth-order valence-corrected chi connectivity index (χ4v) is 5.95. The summed E-state index contributed by atoms with van der Waals surface area (Å²) in [4.78, 5) is 15.8. The molecule has 214 valence electrons. The van der Waals surface area contributed by atoms with E-state index in [2.05, 4.69) is 5.16 Å². The number of carbonyl (C=O) groups is 1. The lowest BCUT2D eigenvalue weighted by molar-refractivity contribution is -0.0440. The number of morpholine rings is 1. The van der Waals surface area contributed by atoms with Crippen LogP contribution < -0.4 is 9.80 Å². The molecule has 4 heterocycles. The molecule has 3 saturated heterocycles. The van der Waals surface area contributed by atoms with Crippen LogP contribution in [0.25, 0.3) is 11.0 Å². The molecule has 2 atom stereocenters. The molecule has 1 aromatic heterocycles. The molecule has 0 radical (unpaired) electrons. The van der Waals surface area contributed by atoms with Gasteiger partial charge in [-0.1, -0.05) is 22.9 Å². The summed E-state index contributed by atoms with van der Waals surface area (Å²) in [7, 11) is -4.06. The van der Waals surface area contributed by atoms with Gasteiger partial charge >= 0.3 is 6.09 Å². The molecule has 0 aliphatic carbocycles. The van der Waals surface area contributed by atoms with Crippen LogP contribution in [0.1, 0.15) is 24.3 Å². The van der Waals surface area contributed by atoms with Crippen LogP contribution >= 0.6 is 0 Å². The van der Waals surface area contributed by atoms with E-state index in [0.717, 1.165) is 10.5 Å². The highest BCUT2D eigenvalue weighted by Gasteiger charge is 2.39. The van der Waals surface area contributed by atoms with Crippen LogP contribution in [-0.2, 0) is 33.2 Å². The van der Waals surface area contributed by atoms with Crippen LogP contribution in [0.15, 0.2) is 39.8 Å². The topological polar surface area (TPSA) is 130 Å². The van der Waals surface area contributed by atoms with Gasteiger partial charge in [0.1, 0.15) is 12.7 Å². The first-order chi connectivity index (χ1) is 19.2. The molecule has 6 rings (SSSR count). The predicted octanol–water partition coefficient (Wildman–Crippen LogP) is 3.28. The second kappa shape index (κ2) is 10.6. The maximum atomic E-state index is 16.1. The van der Waals surface area contributed by atoms with E-state index in [9.17, 15) is 13.2 Å². The Bertz CT molecular complexity index is 1520. The summed E-state index contributed by atoms with van der Waals surface area (Å²) in [6.07, 6.45) is -2.63. The highest BCUT2D eigenvalue weighted by atomic mass is 32.2. The first-order valence-corrected chi connectivity index (χ1v) is 14.3. The number of hydrogen-bond donors (Lipinski definition) is 0. The van der Waals surface area contributed by atoms with Crippen LogP contribution in [0.5, 0.6) is 0 Å². The molecule has 2 aromatic carbocycles. The number of cyclic esters (lactones) is 1. The fourth-order valence-electron chi connectivity index (χ4n) is 5.01. The second-order valence-electron chi connectivity index (χ2n) is 9.88. The molecule has 3 aliphatic heterocycles. The molecule has 0 saturated carbocycles. The lowest BCUT2D eigenvalue weighted by Gasteiger charge is -2.34. The van der Waals surface area contributed by atoms with Crippen molar-refractivity contribution in [3.63, 3.8) is 0 Å².